The highest BCUT2D eigenvalue weighted by molar-refractivity contribution is 5.97. The van der Waals surface area contributed by atoms with Gasteiger partial charge in [-0.2, -0.15) is 5.26 Å². The number of hydrogen-bond acceptors (Lipinski definition) is 3. The van der Waals surface area contributed by atoms with Gasteiger partial charge in [0.05, 0.1) is 23.6 Å². The van der Waals surface area contributed by atoms with Crippen molar-refractivity contribution in [1.29, 1.82) is 5.26 Å². The molecule has 0 atom stereocenters. The molecular formula is C12H9N3O. The summed E-state index contributed by atoms with van der Waals surface area (Å²) in [5.41, 5.74) is 1.79. The van der Waals surface area contributed by atoms with E-state index in [9.17, 15) is 4.79 Å². The van der Waals surface area contributed by atoms with Crippen LogP contribution in [0, 0.1) is 11.3 Å². The average Bonchev–Trinajstić information content (AvgIpc) is 2.81. The molecule has 16 heavy (non-hydrogen) atoms. The fourth-order valence-corrected chi connectivity index (χ4v) is 1.51. The Hall–Kier alpha value is -2.41. The fraction of sp³-hybridized carbons (Fsp3) is 0.0833. The molecule has 0 aliphatic heterocycles. The molecule has 2 rings (SSSR count). The third kappa shape index (κ3) is 1.71. The number of nitriles is 1. The van der Waals surface area contributed by atoms with E-state index >= 15 is 0 Å². The minimum atomic E-state index is -0.0341. The third-order valence-electron chi connectivity index (χ3n) is 2.29. The van der Waals surface area contributed by atoms with Gasteiger partial charge in [0.2, 0.25) is 0 Å². The first-order valence-corrected chi connectivity index (χ1v) is 4.76. The maximum Gasteiger partial charge on any atom is 0.161 e. The van der Waals surface area contributed by atoms with Gasteiger partial charge in [0.15, 0.2) is 5.78 Å². The summed E-state index contributed by atoms with van der Waals surface area (Å²) in [6.45, 7) is 1.50. The Morgan fingerprint density at radius 1 is 1.50 bits per heavy atom. The van der Waals surface area contributed by atoms with E-state index in [1.54, 1.807) is 41.5 Å². The number of imidazole rings is 1. The first-order chi connectivity index (χ1) is 7.72. The molecule has 0 N–H and O–H groups in total. The molecule has 1 aromatic carbocycles. The van der Waals surface area contributed by atoms with Crippen LogP contribution in [0.2, 0.25) is 0 Å². The summed E-state index contributed by atoms with van der Waals surface area (Å²) in [5, 5.41) is 8.83. The van der Waals surface area contributed by atoms with Gasteiger partial charge in [-0.05, 0) is 25.1 Å². The summed E-state index contributed by atoms with van der Waals surface area (Å²) in [6, 6.07) is 7.03. The maximum absolute atomic E-state index is 11.4. The zero-order valence-electron chi connectivity index (χ0n) is 8.71. The lowest BCUT2D eigenvalue weighted by Gasteiger charge is -2.07. The third-order valence-corrected chi connectivity index (χ3v) is 2.29. The van der Waals surface area contributed by atoms with Crippen LogP contribution in [-0.2, 0) is 0 Å². The van der Waals surface area contributed by atoms with Gasteiger partial charge in [-0.1, -0.05) is 0 Å². The van der Waals surface area contributed by atoms with Crippen LogP contribution < -0.4 is 0 Å². The normalized spacial score (nSPS) is 9.75. The van der Waals surface area contributed by atoms with Crippen molar-refractivity contribution in [3.8, 4) is 11.8 Å². The number of nitrogens with zero attached hydrogens (tertiary/aromatic N) is 3. The van der Waals surface area contributed by atoms with Crippen LogP contribution in [0.15, 0.2) is 36.9 Å². The van der Waals surface area contributed by atoms with E-state index in [4.69, 9.17) is 5.26 Å². The van der Waals surface area contributed by atoms with Gasteiger partial charge in [-0.15, -0.1) is 0 Å². The lowest BCUT2D eigenvalue weighted by Crippen LogP contribution is -2.02. The molecule has 0 saturated carbocycles. The van der Waals surface area contributed by atoms with Gasteiger partial charge >= 0.3 is 0 Å². The van der Waals surface area contributed by atoms with Crippen molar-refractivity contribution < 1.29 is 4.79 Å². The van der Waals surface area contributed by atoms with Crippen molar-refractivity contribution in [3.63, 3.8) is 0 Å². The molecule has 4 nitrogen and oxygen atoms in total. The van der Waals surface area contributed by atoms with Crippen LogP contribution in [-0.4, -0.2) is 15.3 Å². The number of benzene rings is 1. The van der Waals surface area contributed by atoms with Crippen LogP contribution in [0.25, 0.3) is 5.69 Å². The van der Waals surface area contributed by atoms with Gasteiger partial charge < -0.3 is 4.57 Å². The number of carbonyl (C=O) groups is 1. The lowest BCUT2D eigenvalue weighted by molar-refractivity contribution is 0.101. The van der Waals surface area contributed by atoms with Crippen molar-refractivity contribution in [3.05, 3.63) is 48.0 Å². The van der Waals surface area contributed by atoms with Crippen molar-refractivity contribution in [2.75, 3.05) is 0 Å². The molecule has 0 bridgehead atoms. The highest BCUT2D eigenvalue weighted by Gasteiger charge is 2.09. The van der Waals surface area contributed by atoms with Crippen molar-refractivity contribution in [2.24, 2.45) is 0 Å². The Kier molecular flexibility index (Phi) is 2.52. The SMILES string of the molecule is CC(=O)c1ccc(C#N)cc1-n1ccnc1. The molecule has 4 heteroatoms. The second-order valence-corrected chi connectivity index (χ2v) is 3.37. The van der Waals surface area contributed by atoms with Crippen LogP contribution in [0.3, 0.4) is 0 Å². The van der Waals surface area contributed by atoms with Crippen LogP contribution >= 0.6 is 0 Å². The first kappa shape index (κ1) is 10.1. The second kappa shape index (κ2) is 3.99. The Morgan fingerprint density at radius 3 is 2.88 bits per heavy atom. The summed E-state index contributed by atoms with van der Waals surface area (Å²) < 4.78 is 1.72. The van der Waals surface area contributed by atoms with Gasteiger partial charge in [-0.3, -0.25) is 4.79 Å². The van der Waals surface area contributed by atoms with Crippen LogP contribution in [0.5, 0.6) is 0 Å². The predicted molar refractivity (Wildman–Crippen MR) is 58.3 cm³/mol. The predicted octanol–water partition coefficient (Wildman–Crippen LogP) is 1.95. The molecule has 0 saturated heterocycles. The zero-order chi connectivity index (χ0) is 11.5. The maximum atomic E-state index is 11.4. The average molecular weight is 211 g/mol. The van der Waals surface area contributed by atoms with Crippen LogP contribution in [0.1, 0.15) is 22.8 Å². The standard InChI is InChI=1S/C12H9N3O/c1-9(16)11-3-2-10(7-13)6-12(11)15-5-4-14-8-15/h2-6,8H,1H3. The van der Waals surface area contributed by atoms with E-state index in [0.717, 1.165) is 0 Å². The minimum absolute atomic E-state index is 0.0341. The number of Topliss-reactive ketones (excluding diaryl/α,β-unsaturated/α-hetero) is 1. The molecular weight excluding hydrogens is 202 g/mol. The molecule has 0 aliphatic rings. The Bertz CT molecular complexity index is 564. The summed E-state index contributed by atoms with van der Waals surface area (Å²) >= 11 is 0. The van der Waals surface area contributed by atoms with Crippen molar-refractivity contribution >= 4 is 5.78 Å². The van der Waals surface area contributed by atoms with E-state index in [0.29, 0.717) is 16.8 Å². The van der Waals surface area contributed by atoms with Crippen molar-refractivity contribution in [2.45, 2.75) is 6.92 Å². The van der Waals surface area contributed by atoms with E-state index in [-0.39, 0.29) is 5.78 Å². The van der Waals surface area contributed by atoms with Gasteiger partial charge in [0, 0.05) is 18.0 Å². The van der Waals surface area contributed by atoms with E-state index in [1.165, 1.54) is 6.92 Å². The molecule has 0 aliphatic carbocycles. The quantitative estimate of drug-likeness (QED) is 0.713. The first-order valence-electron chi connectivity index (χ1n) is 4.76. The number of ketones is 1. The molecule has 2 aromatic rings. The number of hydrogen-bond donors (Lipinski definition) is 0. The summed E-state index contributed by atoms with van der Waals surface area (Å²) in [4.78, 5) is 15.4. The Labute approximate surface area is 92.8 Å². The molecule has 0 fully saturated rings. The van der Waals surface area contributed by atoms with Gasteiger partial charge in [0.25, 0.3) is 0 Å². The Balaban J connectivity index is 2.65. The fourth-order valence-electron chi connectivity index (χ4n) is 1.51. The molecule has 0 unspecified atom stereocenters. The molecule has 0 radical (unpaired) electrons. The highest BCUT2D eigenvalue weighted by Crippen LogP contribution is 2.17. The lowest BCUT2D eigenvalue weighted by atomic mass is 10.1. The van der Waals surface area contributed by atoms with E-state index in [1.807, 2.05) is 0 Å². The van der Waals surface area contributed by atoms with E-state index < -0.39 is 0 Å². The summed E-state index contributed by atoms with van der Waals surface area (Å²) in [7, 11) is 0. The summed E-state index contributed by atoms with van der Waals surface area (Å²) in [5.74, 6) is -0.0341. The topological polar surface area (TPSA) is 58.7 Å². The number of rotatable bonds is 2. The number of aromatic nitrogens is 2. The van der Waals surface area contributed by atoms with Crippen LogP contribution in [0.4, 0.5) is 0 Å². The number of carbonyl (C=O) groups excluding carboxylic acids is 1. The van der Waals surface area contributed by atoms with Gasteiger partial charge in [-0.25, -0.2) is 4.98 Å². The second-order valence-electron chi connectivity index (χ2n) is 3.37. The smallest absolute Gasteiger partial charge is 0.161 e. The van der Waals surface area contributed by atoms with Gasteiger partial charge in [0.1, 0.15) is 0 Å². The summed E-state index contributed by atoms with van der Waals surface area (Å²) in [6.07, 6.45) is 4.97. The zero-order valence-corrected chi connectivity index (χ0v) is 8.71. The molecule has 1 aromatic heterocycles. The molecule has 1 heterocycles. The highest BCUT2D eigenvalue weighted by atomic mass is 16.1. The monoisotopic (exact) mass is 211 g/mol. The molecule has 78 valence electrons. The van der Waals surface area contributed by atoms with E-state index in [2.05, 4.69) is 11.1 Å². The largest absolute Gasteiger partial charge is 0.306 e. The Morgan fingerprint density at radius 2 is 2.31 bits per heavy atom. The minimum Gasteiger partial charge on any atom is -0.306 e. The molecule has 0 amide bonds. The van der Waals surface area contributed by atoms with Crippen molar-refractivity contribution in [1.82, 2.24) is 9.55 Å². The molecule has 0 spiro atoms.